The lowest BCUT2D eigenvalue weighted by molar-refractivity contribution is -0.400. The Labute approximate surface area is 607 Å². The van der Waals surface area contributed by atoms with Gasteiger partial charge in [0.15, 0.2) is 53.6 Å². The molecule has 0 bridgehead atoms. The quantitative estimate of drug-likeness (QED) is 0.0328. The lowest BCUT2D eigenvalue weighted by Crippen LogP contribution is -2.59. The summed E-state index contributed by atoms with van der Waals surface area (Å²) in [6.45, 7) is 1.36. The van der Waals surface area contributed by atoms with Crippen molar-refractivity contribution in [2.45, 2.75) is 114 Å². The molecule has 8 aromatic rings. The molecule has 0 fully saturated rings. The molecule has 1 unspecified atom stereocenters. The lowest BCUT2D eigenvalue weighted by atomic mass is 10.0. The molecule has 111 heavy (non-hydrogen) atoms. The number of alkyl halides is 29. The van der Waals surface area contributed by atoms with Crippen LogP contribution in [0.15, 0.2) is 112 Å². The molecule has 0 saturated heterocycles. The first kappa shape index (κ1) is 90.8. The number of hydrogen-bond acceptors (Lipinski definition) is 16. The Balaban J connectivity index is 0.000000260. The number of imidazole rings is 3. The van der Waals surface area contributed by atoms with Crippen LogP contribution in [-0.2, 0) is 67.3 Å². The molecular formula is C58H43ClF30N12O7S3. The fourth-order valence-electron chi connectivity index (χ4n) is 8.98. The van der Waals surface area contributed by atoms with Gasteiger partial charge in [-0.1, -0.05) is 37.5 Å². The van der Waals surface area contributed by atoms with Crippen LogP contribution in [0.5, 0.6) is 0 Å². The molecule has 0 N–H and O–H groups in total. The van der Waals surface area contributed by atoms with E-state index in [9.17, 15) is 157 Å². The monoisotopic (exact) mass is 1720 g/mol. The van der Waals surface area contributed by atoms with E-state index in [1.807, 2.05) is 0 Å². The first-order valence-corrected chi connectivity index (χ1v) is 34.7. The van der Waals surface area contributed by atoms with Crippen molar-refractivity contribution in [1.29, 1.82) is 0 Å². The van der Waals surface area contributed by atoms with E-state index < -0.39 is 204 Å². The van der Waals surface area contributed by atoms with Crippen molar-refractivity contribution in [3.63, 3.8) is 0 Å². The zero-order valence-corrected chi connectivity index (χ0v) is 58.5. The third-order valence-electron chi connectivity index (χ3n) is 15.2. The van der Waals surface area contributed by atoms with Crippen molar-refractivity contribution in [3.8, 4) is 57.1 Å². The molecule has 612 valence electrons. The van der Waals surface area contributed by atoms with Gasteiger partial charge in [-0.15, -0.1) is 0 Å². The summed E-state index contributed by atoms with van der Waals surface area (Å²) in [7, 11) is -10.8. The van der Waals surface area contributed by atoms with Gasteiger partial charge in [-0.05, 0) is 42.5 Å². The Bertz CT molecular complexity index is 4910. The fraction of sp³-hybridized carbons (Fsp3) is 0.397. The number of rotatable bonds is 23. The van der Waals surface area contributed by atoms with Gasteiger partial charge in [-0.25, -0.2) is 49.0 Å². The van der Waals surface area contributed by atoms with Crippen molar-refractivity contribution in [2.24, 2.45) is 26.3 Å². The minimum Gasteiger partial charge on any atom is -0.389 e. The molecule has 8 heterocycles. The molecule has 53 heteroatoms. The molecule has 1 atom stereocenters. The van der Waals surface area contributed by atoms with Crippen LogP contribution in [0.25, 0.3) is 57.1 Å². The molecule has 0 amide bonds. The second-order valence-corrected chi connectivity index (χ2v) is 29.5. The van der Waals surface area contributed by atoms with Gasteiger partial charge in [0, 0.05) is 68.8 Å². The van der Waals surface area contributed by atoms with Crippen LogP contribution < -0.4 is 0 Å². The van der Waals surface area contributed by atoms with Gasteiger partial charge in [-0.2, -0.15) is 123 Å². The van der Waals surface area contributed by atoms with Gasteiger partial charge >= 0.3 is 72.1 Å². The van der Waals surface area contributed by atoms with Crippen molar-refractivity contribution >= 4 is 47.3 Å². The predicted octanol–water partition coefficient (Wildman–Crippen LogP) is 16.3. The number of pyridine rings is 5. The second-order valence-electron chi connectivity index (χ2n) is 22.4. The highest BCUT2D eigenvalue weighted by Crippen LogP contribution is 2.59. The molecule has 8 rings (SSSR count). The van der Waals surface area contributed by atoms with Crippen LogP contribution in [0, 0.1) is 5.82 Å². The third-order valence-corrected chi connectivity index (χ3v) is 20.8. The summed E-state index contributed by atoms with van der Waals surface area (Å²) in [5.74, 6) is -56.4. The van der Waals surface area contributed by atoms with Crippen LogP contribution >= 0.6 is 11.6 Å². The van der Waals surface area contributed by atoms with Crippen LogP contribution in [0.1, 0.15) is 49.6 Å². The van der Waals surface area contributed by atoms with Crippen LogP contribution in [0.3, 0.4) is 0 Å². The van der Waals surface area contributed by atoms with E-state index in [1.54, 1.807) is 0 Å². The summed E-state index contributed by atoms with van der Waals surface area (Å²) < 4.78 is 474. The van der Waals surface area contributed by atoms with Gasteiger partial charge in [0.1, 0.15) is 40.0 Å². The molecule has 0 saturated carbocycles. The predicted molar refractivity (Wildman–Crippen MR) is 323 cm³/mol. The zero-order chi connectivity index (χ0) is 85.0. The Hall–Kier alpha value is -9.11. The van der Waals surface area contributed by atoms with Gasteiger partial charge in [-0.3, -0.25) is 24.9 Å². The highest BCUT2D eigenvalue weighted by molar-refractivity contribution is 7.92. The van der Waals surface area contributed by atoms with E-state index in [-0.39, 0.29) is 54.6 Å². The average Bonchev–Trinajstić information content (AvgIpc) is 1.16. The number of aromatic nitrogens is 11. The fourth-order valence-corrected chi connectivity index (χ4v) is 12.4. The maximum absolute atomic E-state index is 14.5. The summed E-state index contributed by atoms with van der Waals surface area (Å²) in [6.07, 6.45) is -24.3. The molecule has 0 radical (unpaired) electrons. The second kappa shape index (κ2) is 31.1. The standard InChI is InChI=1S/C20H14ClF9N4O2S.C20H14F10N4O2S.C18H15F11N4O3S/c2*1-3-37(35,36)12-7-10(14-11(21)5-4-6-31-14)8-32-15(12)16-33-9-13(34(16)2)17(22,23)18(24,25)19(26,27)20(28,29)30;1-3-37(34,35)11-4-9(6-32-36-8-15(20,21)17(24,25)26)5-30-12(11)14-31-7-10(33(14)2)13(19)16(22,23)18(27,28)29/h2*4-9H,3H2,1-2H3;4-7,13H,3,8H2,1-2H3/b;;32-6+. The van der Waals surface area contributed by atoms with E-state index >= 15 is 0 Å². The summed E-state index contributed by atoms with van der Waals surface area (Å²) >= 11 is 6.05. The summed E-state index contributed by atoms with van der Waals surface area (Å²) in [5, 5.41) is 2.97. The van der Waals surface area contributed by atoms with Crippen molar-refractivity contribution in [2.75, 3.05) is 23.9 Å². The maximum atomic E-state index is 14.5. The van der Waals surface area contributed by atoms with Gasteiger partial charge in [0.25, 0.3) is 0 Å². The minimum absolute atomic E-state index is 0.0123. The Morgan fingerprint density at radius 1 is 0.450 bits per heavy atom. The molecule has 19 nitrogen and oxygen atoms in total. The zero-order valence-electron chi connectivity index (χ0n) is 55.3. The van der Waals surface area contributed by atoms with Crippen molar-refractivity contribution in [1.82, 2.24) is 53.6 Å². The Kier molecular flexibility index (Phi) is 25.4. The lowest BCUT2D eigenvalue weighted by Gasteiger charge is -2.33. The topological polar surface area (TPSA) is 242 Å². The normalized spacial score (nSPS) is 14.1. The van der Waals surface area contributed by atoms with Gasteiger partial charge in [0.2, 0.25) is 6.17 Å². The van der Waals surface area contributed by atoms with Crippen LogP contribution in [0.2, 0.25) is 5.02 Å². The summed E-state index contributed by atoms with van der Waals surface area (Å²) in [5.41, 5.74) is -8.12. The average molecular weight is 1720 g/mol. The molecule has 0 aliphatic rings. The maximum Gasteiger partial charge on any atom is 0.460 e. The number of hydrogen-bond donors (Lipinski definition) is 0. The minimum atomic E-state index is -7.14. The number of sulfone groups is 3. The van der Waals surface area contributed by atoms with Gasteiger partial charge in [0.05, 0.1) is 73.2 Å². The molecule has 0 spiro atoms. The smallest absolute Gasteiger partial charge is 0.389 e. The Morgan fingerprint density at radius 3 is 1.20 bits per heavy atom. The summed E-state index contributed by atoms with van der Waals surface area (Å²) in [4.78, 5) is 31.1. The first-order valence-electron chi connectivity index (χ1n) is 29.3. The number of oxime groups is 1. The first-order chi connectivity index (χ1) is 50.3. The van der Waals surface area contributed by atoms with E-state index in [1.165, 1.54) is 44.4 Å². The number of halogens is 31. The molecule has 0 aliphatic heterocycles. The Morgan fingerprint density at radius 2 is 0.820 bits per heavy atom. The van der Waals surface area contributed by atoms with E-state index in [4.69, 9.17) is 11.6 Å². The summed E-state index contributed by atoms with van der Waals surface area (Å²) in [6, 6.07) is 7.77. The molecule has 0 aliphatic carbocycles. The third kappa shape index (κ3) is 17.1. The molecule has 8 aromatic heterocycles. The van der Waals surface area contributed by atoms with Gasteiger partial charge < -0.3 is 18.5 Å². The highest BCUT2D eigenvalue weighted by atomic mass is 35.5. The van der Waals surface area contributed by atoms with Crippen LogP contribution in [-0.4, -0.2) is 169 Å². The van der Waals surface area contributed by atoms with Crippen LogP contribution in [0.4, 0.5) is 132 Å². The van der Waals surface area contributed by atoms with E-state index in [0.717, 1.165) is 56.8 Å². The largest absolute Gasteiger partial charge is 0.460 e. The van der Waals surface area contributed by atoms with Crippen molar-refractivity contribution in [3.05, 3.63) is 126 Å². The number of nitrogens with zero attached hydrogens (tertiary/aromatic N) is 12. The highest BCUT2D eigenvalue weighted by Gasteiger charge is 2.84. The van der Waals surface area contributed by atoms with Crippen molar-refractivity contribution < 1.29 is 162 Å². The van der Waals surface area contributed by atoms with E-state index in [0.29, 0.717) is 31.1 Å². The molecular weight excluding hydrogens is 1680 g/mol. The molecule has 0 aromatic carbocycles. The van der Waals surface area contributed by atoms with E-state index in [2.05, 4.69) is 49.9 Å². The SMILES string of the molecule is CCS(=O)(=O)c1cc(-c2ncccc2Cl)cnc1-c1ncc(C(F)(F)C(F)(F)C(F)(F)C(F)(F)F)n1C.CCS(=O)(=O)c1cc(-c2ncccc2F)cnc1-c1ncc(C(F)(F)C(F)(F)C(F)(F)C(F)(F)F)n1C.CCS(=O)(=O)c1cc(/C=N/OCC(F)(F)C(F)(F)F)cnc1-c1ncc(C(F)C(F)(F)C(F)(F)F)n1C.